The summed E-state index contributed by atoms with van der Waals surface area (Å²) in [5.74, 6) is 0.150. The fourth-order valence-corrected chi connectivity index (χ4v) is 2.45. The van der Waals surface area contributed by atoms with Crippen LogP contribution in [0.5, 0.6) is 0 Å². The highest BCUT2D eigenvalue weighted by Gasteiger charge is 2.34. The molecule has 0 radical (unpaired) electrons. The Morgan fingerprint density at radius 3 is 2.35 bits per heavy atom. The third-order valence-electron chi connectivity index (χ3n) is 3.35. The van der Waals surface area contributed by atoms with Gasteiger partial charge in [0.05, 0.1) is 0 Å². The van der Waals surface area contributed by atoms with E-state index in [9.17, 15) is 4.79 Å². The van der Waals surface area contributed by atoms with Gasteiger partial charge in [-0.3, -0.25) is 4.79 Å². The summed E-state index contributed by atoms with van der Waals surface area (Å²) in [6, 6.07) is 7.81. The van der Waals surface area contributed by atoms with E-state index in [0.29, 0.717) is 19.3 Å². The highest BCUT2D eigenvalue weighted by atomic mass is 79.9. The highest BCUT2D eigenvalue weighted by molar-refractivity contribution is 9.10. The van der Waals surface area contributed by atoms with Crippen molar-refractivity contribution in [2.75, 3.05) is 7.11 Å². The first-order chi connectivity index (χ1) is 8.09. The van der Waals surface area contributed by atoms with Gasteiger partial charge in [-0.2, -0.15) is 0 Å². The van der Waals surface area contributed by atoms with Crippen LogP contribution in [0.15, 0.2) is 28.7 Å². The molecule has 0 heterocycles. The maximum atomic E-state index is 12.3. The Balaban J connectivity index is 2.88. The van der Waals surface area contributed by atoms with Gasteiger partial charge >= 0.3 is 0 Å². The Hall–Kier alpha value is -0.670. The average molecular weight is 299 g/mol. The van der Waals surface area contributed by atoms with Gasteiger partial charge < -0.3 is 4.74 Å². The van der Waals surface area contributed by atoms with Crippen LogP contribution in [0.1, 0.15) is 32.3 Å². The van der Waals surface area contributed by atoms with Gasteiger partial charge in [-0.15, -0.1) is 0 Å². The first-order valence-corrected chi connectivity index (χ1v) is 6.70. The Kier molecular flexibility index (Phi) is 5.34. The molecular formula is C14H19BrO2. The summed E-state index contributed by atoms with van der Waals surface area (Å²) in [5.41, 5.74) is 0.385. The van der Waals surface area contributed by atoms with Gasteiger partial charge in [0.1, 0.15) is 5.60 Å². The molecule has 2 nitrogen and oxygen atoms in total. The molecule has 17 heavy (non-hydrogen) atoms. The molecule has 1 rings (SSSR count). The molecule has 0 aliphatic rings. The SMILES string of the molecule is CCC(CC)(OC)C(=O)Cc1ccccc1Br. The van der Waals surface area contributed by atoms with Crippen molar-refractivity contribution in [1.82, 2.24) is 0 Å². The van der Waals surface area contributed by atoms with Crippen LogP contribution in [0.4, 0.5) is 0 Å². The van der Waals surface area contributed by atoms with Crippen molar-refractivity contribution in [1.29, 1.82) is 0 Å². The second-order valence-electron chi connectivity index (χ2n) is 4.10. The number of carbonyl (C=O) groups is 1. The van der Waals surface area contributed by atoms with Crippen LogP contribution in [-0.2, 0) is 16.0 Å². The third-order valence-corrected chi connectivity index (χ3v) is 4.12. The Labute approximate surface area is 111 Å². The molecule has 0 spiro atoms. The average Bonchev–Trinajstić information content (AvgIpc) is 2.35. The molecular weight excluding hydrogens is 280 g/mol. The molecule has 0 amide bonds. The van der Waals surface area contributed by atoms with Crippen LogP contribution in [-0.4, -0.2) is 18.5 Å². The number of carbonyl (C=O) groups excluding carboxylic acids is 1. The van der Waals surface area contributed by atoms with E-state index in [0.717, 1.165) is 10.0 Å². The summed E-state index contributed by atoms with van der Waals surface area (Å²) < 4.78 is 6.42. The molecule has 0 aliphatic heterocycles. The normalized spacial score (nSPS) is 11.5. The molecule has 1 aromatic carbocycles. The van der Waals surface area contributed by atoms with E-state index >= 15 is 0 Å². The van der Waals surface area contributed by atoms with Gasteiger partial charge in [0.25, 0.3) is 0 Å². The van der Waals surface area contributed by atoms with E-state index in [1.165, 1.54) is 0 Å². The van der Waals surface area contributed by atoms with E-state index in [1.54, 1.807) is 7.11 Å². The summed E-state index contributed by atoms with van der Waals surface area (Å²) in [4.78, 5) is 12.3. The molecule has 3 heteroatoms. The number of halogens is 1. The van der Waals surface area contributed by atoms with E-state index in [2.05, 4.69) is 15.9 Å². The van der Waals surface area contributed by atoms with Crippen LogP contribution >= 0.6 is 15.9 Å². The number of benzene rings is 1. The zero-order chi connectivity index (χ0) is 12.9. The lowest BCUT2D eigenvalue weighted by atomic mass is 9.88. The van der Waals surface area contributed by atoms with Crippen molar-refractivity contribution in [3.8, 4) is 0 Å². The number of Topliss-reactive ketones (excluding diaryl/α,β-unsaturated/α-hetero) is 1. The fourth-order valence-electron chi connectivity index (χ4n) is 2.02. The minimum absolute atomic E-state index is 0.150. The molecule has 0 bridgehead atoms. The van der Waals surface area contributed by atoms with Gasteiger partial charge in [0.15, 0.2) is 5.78 Å². The summed E-state index contributed by atoms with van der Waals surface area (Å²) in [7, 11) is 1.62. The number of ether oxygens (including phenoxy) is 1. The molecule has 94 valence electrons. The molecule has 0 aromatic heterocycles. The standard InChI is InChI=1S/C14H19BrO2/c1-4-14(5-2,17-3)13(16)10-11-8-6-7-9-12(11)15/h6-9H,4-5,10H2,1-3H3. The van der Waals surface area contributed by atoms with E-state index in [4.69, 9.17) is 4.74 Å². The minimum Gasteiger partial charge on any atom is -0.370 e. The van der Waals surface area contributed by atoms with E-state index in [-0.39, 0.29) is 5.78 Å². The van der Waals surface area contributed by atoms with Crippen LogP contribution < -0.4 is 0 Å². The third kappa shape index (κ3) is 3.17. The van der Waals surface area contributed by atoms with Gasteiger partial charge in [-0.1, -0.05) is 48.0 Å². The molecule has 0 aliphatic carbocycles. The molecule has 0 unspecified atom stereocenters. The number of ketones is 1. The Bertz CT molecular complexity index is 375. The lowest BCUT2D eigenvalue weighted by Gasteiger charge is -2.28. The quantitative estimate of drug-likeness (QED) is 0.799. The Morgan fingerprint density at radius 1 is 1.29 bits per heavy atom. The highest BCUT2D eigenvalue weighted by Crippen LogP contribution is 2.25. The zero-order valence-corrected chi connectivity index (χ0v) is 12.2. The predicted octanol–water partition coefficient (Wildman–Crippen LogP) is 3.77. The minimum atomic E-state index is -0.630. The monoisotopic (exact) mass is 298 g/mol. The number of hydrogen-bond acceptors (Lipinski definition) is 2. The maximum Gasteiger partial charge on any atom is 0.168 e. The van der Waals surface area contributed by atoms with Crippen molar-refractivity contribution in [2.24, 2.45) is 0 Å². The van der Waals surface area contributed by atoms with E-state index < -0.39 is 5.60 Å². The van der Waals surface area contributed by atoms with Crippen molar-refractivity contribution < 1.29 is 9.53 Å². The first kappa shape index (κ1) is 14.4. The topological polar surface area (TPSA) is 26.3 Å². The maximum absolute atomic E-state index is 12.3. The van der Waals surface area contributed by atoms with Crippen molar-refractivity contribution in [3.63, 3.8) is 0 Å². The fraction of sp³-hybridized carbons (Fsp3) is 0.500. The molecule has 1 aromatic rings. The van der Waals surface area contributed by atoms with Gasteiger partial charge in [0, 0.05) is 18.0 Å². The van der Waals surface area contributed by atoms with Crippen molar-refractivity contribution in [2.45, 2.75) is 38.7 Å². The molecule has 0 saturated heterocycles. The second-order valence-corrected chi connectivity index (χ2v) is 4.95. The first-order valence-electron chi connectivity index (χ1n) is 5.91. The van der Waals surface area contributed by atoms with Crippen molar-refractivity contribution in [3.05, 3.63) is 34.3 Å². The van der Waals surface area contributed by atoms with Gasteiger partial charge in [-0.25, -0.2) is 0 Å². The smallest absolute Gasteiger partial charge is 0.168 e. The number of rotatable bonds is 6. The number of hydrogen-bond donors (Lipinski definition) is 0. The zero-order valence-electron chi connectivity index (χ0n) is 10.6. The number of methoxy groups -OCH3 is 1. The summed E-state index contributed by atoms with van der Waals surface area (Å²) in [6.45, 7) is 3.98. The van der Waals surface area contributed by atoms with Crippen LogP contribution in [0, 0.1) is 0 Å². The van der Waals surface area contributed by atoms with E-state index in [1.807, 2.05) is 38.1 Å². The molecule has 0 saturated carbocycles. The predicted molar refractivity (Wildman–Crippen MR) is 73.2 cm³/mol. The lowest BCUT2D eigenvalue weighted by molar-refractivity contribution is -0.141. The molecule has 0 atom stereocenters. The van der Waals surface area contributed by atoms with Gasteiger partial charge in [-0.05, 0) is 24.5 Å². The largest absolute Gasteiger partial charge is 0.370 e. The summed E-state index contributed by atoms with van der Waals surface area (Å²) in [5, 5.41) is 0. The van der Waals surface area contributed by atoms with Crippen LogP contribution in [0.25, 0.3) is 0 Å². The second kappa shape index (κ2) is 6.31. The van der Waals surface area contributed by atoms with Gasteiger partial charge in [0.2, 0.25) is 0 Å². The lowest BCUT2D eigenvalue weighted by Crippen LogP contribution is -2.40. The molecule has 0 N–H and O–H groups in total. The summed E-state index contributed by atoms with van der Waals surface area (Å²) in [6.07, 6.45) is 1.84. The van der Waals surface area contributed by atoms with Crippen LogP contribution in [0.3, 0.4) is 0 Å². The van der Waals surface area contributed by atoms with Crippen molar-refractivity contribution >= 4 is 21.7 Å². The Morgan fingerprint density at radius 2 is 1.88 bits per heavy atom. The summed E-state index contributed by atoms with van der Waals surface area (Å²) >= 11 is 3.46. The molecule has 0 fully saturated rings. The van der Waals surface area contributed by atoms with Crippen LogP contribution in [0.2, 0.25) is 0 Å².